The van der Waals surface area contributed by atoms with Gasteiger partial charge in [-0.15, -0.1) is 11.3 Å². The lowest BCUT2D eigenvalue weighted by Crippen LogP contribution is -2.47. The van der Waals surface area contributed by atoms with Crippen LogP contribution in [0.4, 0.5) is 0 Å². The molecule has 1 saturated heterocycles. The molecule has 0 saturated carbocycles. The Bertz CT molecular complexity index is 823. The van der Waals surface area contributed by atoms with Crippen LogP contribution in [-0.2, 0) is 20.7 Å². The van der Waals surface area contributed by atoms with Gasteiger partial charge >= 0.3 is 5.97 Å². The van der Waals surface area contributed by atoms with E-state index >= 15 is 0 Å². The first-order valence-electron chi connectivity index (χ1n) is 9.93. The molecule has 1 aliphatic rings. The summed E-state index contributed by atoms with van der Waals surface area (Å²) in [5.41, 5.74) is 1.01. The predicted octanol–water partition coefficient (Wildman–Crippen LogP) is 2.89. The second-order valence-corrected chi connectivity index (χ2v) is 7.97. The lowest BCUT2D eigenvalue weighted by molar-refractivity contribution is -0.148. The van der Waals surface area contributed by atoms with Gasteiger partial charge in [0.1, 0.15) is 6.04 Å². The molecular weight excluding hydrogens is 388 g/mol. The molecule has 0 bridgehead atoms. The minimum absolute atomic E-state index is 0.108. The highest BCUT2D eigenvalue weighted by atomic mass is 32.1. The van der Waals surface area contributed by atoms with Gasteiger partial charge in [0.2, 0.25) is 5.91 Å². The number of thiophene rings is 1. The lowest BCUT2D eigenvalue weighted by atomic mass is 9.99. The summed E-state index contributed by atoms with van der Waals surface area (Å²) in [5, 5.41) is 4.74. The van der Waals surface area contributed by atoms with Gasteiger partial charge in [0.25, 0.3) is 5.91 Å². The number of nitrogens with one attached hydrogen (secondary N) is 1. The Kier molecular flexibility index (Phi) is 7.41. The summed E-state index contributed by atoms with van der Waals surface area (Å²) in [7, 11) is 0. The molecule has 29 heavy (non-hydrogen) atoms. The van der Waals surface area contributed by atoms with Crippen molar-refractivity contribution in [2.45, 2.75) is 32.2 Å². The fraction of sp³-hybridized carbons (Fsp3) is 0.409. The largest absolute Gasteiger partial charge is 0.466 e. The maximum Gasteiger partial charge on any atom is 0.311 e. The van der Waals surface area contributed by atoms with Crippen molar-refractivity contribution in [3.8, 4) is 0 Å². The number of rotatable bonds is 8. The van der Waals surface area contributed by atoms with Crippen LogP contribution in [0, 0.1) is 5.92 Å². The van der Waals surface area contributed by atoms with Crippen molar-refractivity contribution in [2.75, 3.05) is 19.7 Å². The SMILES string of the molecule is CCOC(=O)C(CNC(=O)[C@@H]1CCCN1C(=O)c1cccs1)Cc1ccccc1. The number of nitrogens with zero attached hydrogens (tertiary/aromatic N) is 1. The van der Waals surface area contributed by atoms with E-state index in [1.165, 1.54) is 11.3 Å². The first kappa shape index (κ1) is 21.0. The maximum absolute atomic E-state index is 12.8. The van der Waals surface area contributed by atoms with E-state index in [-0.39, 0.29) is 24.3 Å². The summed E-state index contributed by atoms with van der Waals surface area (Å²) in [6, 6.07) is 12.8. The van der Waals surface area contributed by atoms with Gasteiger partial charge in [-0.3, -0.25) is 14.4 Å². The van der Waals surface area contributed by atoms with E-state index in [1.807, 2.05) is 41.8 Å². The zero-order valence-corrected chi connectivity index (χ0v) is 17.3. The van der Waals surface area contributed by atoms with E-state index in [0.29, 0.717) is 30.9 Å². The van der Waals surface area contributed by atoms with Crippen LogP contribution < -0.4 is 5.32 Å². The Morgan fingerprint density at radius 1 is 1.21 bits per heavy atom. The van der Waals surface area contributed by atoms with Gasteiger partial charge in [0.15, 0.2) is 0 Å². The first-order chi connectivity index (χ1) is 14.1. The van der Waals surface area contributed by atoms with Gasteiger partial charge < -0.3 is 15.0 Å². The van der Waals surface area contributed by atoms with Crippen molar-refractivity contribution < 1.29 is 19.1 Å². The first-order valence-corrected chi connectivity index (χ1v) is 10.8. The second kappa shape index (κ2) is 10.2. The molecule has 7 heteroatoms. The molecule has 1 aliphatic heterocycles. The molecular formula is C22H26N2O4S. The third-order valence-corrected chi connectivity index (χ3v) is 5.87. The Hall–Kier alpha value is -2.67. The molecule has 2 heterocycles. The predicted molar refractivity (Wildman–Crippen MR) is 112 cm³/mol. The average Bonchev–Trinajstić information content (AvgIpc) is 3.43. The fourth-order valence-electron chi connectivity index (χ4n) is 3.56. The van der Waals surface area contributed by atoms with Crippen molar-refractivity contribution in [3.63, 3.8) is 0 Å². The molecule has 0 aliphatic carbocycles. The number of carbonyl (C=O) groups excluding carboxylic acids is 3. The Morgan fingerprint density at radius 3 is 2.69 bits per heavy atom. The van der Waals surface area contributed by atoms with Crippen LogP contribution in [0.3, 0.4) is 0 Å². The van der Waals surface area contributed by atoms with Gasteiger partial charge in [-0.25, -0.2) is 0 Å². The van der Waals surface area contributed by atoms with Crippen LogP contribution in [-0.4, -0.2) is 48.4 Å². The second-order valence-electron chi connectivity index (χ2n) is 7.02. The Morgan fingerprint density at radius 2 is 2.00 bits per heavy atom. The van der Waals surface area contributed by atoms with Crippen molar-refractivity contribution >= 4 is 29.1 Å². The summed E-state index contributed by atoms with van der Waals surface area (Å²) in [5.74, 6) is -1.11. The maximum atomic E-state index is 12.8. The standard InChI is InChI=1S/C22H26N2O4S/c1-2-28-22(27)17(14-16-8-4-3-5-9-16)15-23-20(25)18-10-6-12-24(18)21(26)19-11-7-13-29-19/h3-5,7-9,11,13,17-18H,2,6,10,12,14-15H2,1H3,(H,23,25)/t17?,18-/m0/s1. The molecule has 1 aromatic carbocycles. The molecule has 2 atom stereocenters. The quantitative estimate of drug-likeness (QED) is 0.674. The molecule has 2 amide bonds. The van der Waals surface area contributed by atoms with Crippen molar-refractivity contribution in [1.29, 1.82) is 0 Å². The topological polar surface area (TPSA) is 75.7 Å². The van der Waals surface area contributed by atoms with Crippen molar-refractivity contribution in [2.24, 2.45) is 5.92 Å². The number of amides is 2. The van der Waals surface area contributed by atoms with E-state index in [0.717, 1.165) is 12.0 Å². The number of benzene rings is 1. The van der Waals surface area contributed by atoms with Crippen LogP contribution in [0.2, 0.25) is 0 Å². The van der Waals surface area contributed by atoms with Crippen LogP contribution >= 0.6 is 11.3 Å². The monoisotopic (exact) mass is 414 g/mol. The van der Waals surface area contributed by atoms with Gasteiger partial charge in [0.05, 0.1) is 17.4 Å². The minimum atomic E-state index is -0.496. The van der Waals surface area contributed by atoms with E-state index in [9.17, 15) is 14.4 Å². The van der Waals surface area contributed by atoms with Gasteiger partial charge in [-0.2, -0.15) is 0 Å². The molecule has 1 aromatic heterocycles. The number of esters is 1. The molecule has 1 N–H and O–H groups in total. The lowest BCUT2D eigenvalue weighted by Gasteiger charge is -2.24. The number of ether oxygens (including phenoxy) is 1. The molecule has 154 valence electrons. The number of likely N-dealkylation sites (tertiary alicyclic amines) is 1. The molecule has 1 unspecified atom stereocenters. The van der Waals surface area contributed by atoms with Gasteiger partial charge in [-0.1, -0.05) is 36.4 Å². The number of hydrogen-bond acceptors (Lipinski definition) is 5. The average molecular weight is 415 g/mol. The van der Waals surface area contributed by atoms with Crippen LogP contribution in [0.15, 0.2) is 47.8 Å². The molecule has 1 fully saturated rings. The Labute approximate surface area is 174 Å². The highest BCUT2D eigenvalue weighted by molar-refractivity contribution is 7.12. The molecule has 0 radical (unpaired) electrons. The smallest absolute Gasteiger partial charge is 0.311 e. The van der Waals surface area contributed by atoms with E-state index in [1.54, 1.807) is 17.9 Å². The van der Waals surface area contributed by atoms with E-state index in [2.05, 4.69) is 5.32 Å². The summed E-state index contributed by atoms with van der Waals surface area (Å²) >= 11 is 1.38. The van der Waals surface area contributed by atoms with Crippen LogP contribution in [0.25, 0.3) is 0 Å². The number of carbonyl (C=O) groups is 3. The highest BCUT2D eigenvalue weighted by Gasteiger charge is 2.35. The summed E-state index contributed by atoms with van der Waals surface area (Å²) < 4.78 is 5.19. The van der Waals surface area contributed by atoms with E-state index < -0.39 is 12.0 Å². The van der Waals surface area contributed by atoms with Gasteiger partial charge in [0, 0.05) is 13.1 Å². The zero-order chi connectivity index (χ0) is 20.6. The molecule has 3 rings (SSSR count). The number of hydrogen-bond donors (Lipinski definition) is 1. The summed E-state index contributed by atoms with van der Waals surface area (Å²) in [6.07, 6.45) is 1.91. The highest BCUT2D eigenvalue weighted by Crippen LogP contribution is 2.22. The van der Waals surface area contributed by atoms with Crippen molar-refractivity contribution in [3.05, 3.63) is 58.3 Å². The fourth-order valence-corrected chi connectivity index (χ4v) is 4.24. The van der Waals surface area contributed by atoms with Crippen LogP contribution in [0.1, 0.15) is 35.0 Å². The minimum Gasteiger partial charge on any atom is -0.466 e. The van der Waals surface area contributed by atoms with Crippen LogP contribution in [0.5, 0.6) is 0 Å². The van der Waals surface area contributed by atoms with E-state index in [4.69, 9.17) is 4.74 Å². The zero-order valence-electron chi connectivity index (χ0n) is 16.5. The Balaban J connectivity index is 1.62. The third kappa shape index (κ3) is 5.44. The molecule has 0 spiro atoms. The summed E-state index contributed by atoms with van der Waals surface area (Å²) in [6.45, 7) is 2.82. The molecule has 6 nitrogen and oxygen atoms in total. The normalized spacial score (nSPS) is 17.0. The molecule has 2 aromatic rings. The third-order valence-electron chi connectivity index (χ3n) is 5.02. The van der Waals surface area contributed by atoms with Gasteiger partial charge in [-0.05, 0) is 43.2 Å². The summed E-state index contributed by atoms with van der Waals surface area (Å²) in [4.78, 5) is 40.1. The van der Waals surface area contributed by atoms with Crippen molar-refractivity contribution in [1.82, 2.24) is 10.2 Å².